The molecule has 0 aliphatic rings. The lowest BCUT2D eigenvalue weighted by Gasteiger charge is -2.19. The normalized spacial score (nSPS) is 9.38. The number of para-hydroxylation sites is 2. The van der Waals surface area contributed by atoms with Crippen LogP contribution in [0.4, 0.5) is 5.69 Å². The van der Waals surface area contributed by atoms with E-state index in [0.29, 0.717) is 5.75 Å². The third-order valence-corrected chi connectivity index (χ3v) is 2.00. The van der Waals surface area contributed by atoms with Crippen LogP contribution in [-0.2, 0) is 0 Å². The predicted octanol–water partition coefficient (Wildman–Crippen LogP) is 0.340. The molecule has 0 bridgehead atoms. The van der Waals surface area contributed by atoms with E-state index in [2.05, 4.69) is 4.99 Å². The summed E-state index contributed by atoms with van der Waals surface area (Å²) in [6.07, 6.45) is 0. The maximum absolute atomic E-state index is 7.66. The molecule has 0 spiro atoms. The summed E-state index contributed by atoms with van der Waals surface area (Å²) in [5.74, 6) is 0.455. The van der Waals surface area contributed by atoms with Gasteiger partial charge < -0.3 is 21.1 Å². The van der Waals surface area contributed by atoms with Crippen molar-refractivity contribution in [3.05, 3.63) is 24.3 Å². The standard InChI is InChI=1S/C10H15N5O/c1-15(10(13)14-9(11)12)7-5-3-4-6-8(7)16-2/h3-6H,1-2H3,(H5,11,12,13,14). The Morgan fingerprint density at radius 1 is 1.38 bits per heavy atom. The fourth-order valence-electron chi connectivity index (χ4n) is 1.22. The van der Waals surface area contributed by atoms with Gasteiger partial charge in [0.2, 0.25) is 5.96 Å². The van der Waals surface area contributed by atoms with Gasteiger partial charge in [-0.15, -0.1) is 0 Å². The third kappa shape index (κ3) is 2.63. The fraction of sp³-hybridized carbons (Fsp3) is 0.200. The molecule has 0 aliphatic heterocycles. The van der Waals surface area contributed by atoms with Crippen LogP contribution in [0.1, 0.15) is 0 Å². The molecular formula is C10H15N5O. The maximum Gasteiger partial charge on any atom is 0.225 e. The van der Waals surface area contributed by atoms with Crippen molar-refractivity contribution in [2.45, 2.75) is 0 Å². The Balaban J connectivity index is 3.00. The molecule has 0 fully saturated rings. The van der Waals surface area contributed by atoms with Crippen molar-refractivity contribution in [3.8, 4) is 5.75 Å². The number of nitrogens with zero attached hydrogens (tertiary/aromatic N) is 2. The number of aliphatic imine (C=N–C) groups is 1. The van der Waals surface area contributed by atoms with Crippen molar-refractivity contribution in [2.24, 2.45) is 16.5 Å². The number of guanidine groups is 2. The maximum atomic E-state index is 7.66. The Bertz CT molecular complexity index is 411. The first kappa shape index (κ1) is 11.8. The Morgan fingerprint density at radius 2 is 2.00 bits per heavy atom. The third-order valence-electron chi connectivity index (χ3n) is 2.00. The Hall–Kier alpha value is -2.24. The predicted molar refractivity (Wildman–Crippen MR) is 64.9 cm³/mol. The average Bonchev–Trinajstić information content (AvgIpc) is 2.27. The molecule has 6 nitrogen and oxygen atoms in total. The minimum atomic E-state index is -0.147. The summed E-state index contributed by atoms with van der Waals surface area (Å²) in [7, 11) is 3.25. The molecule has 86 valence electrons. The highest BCUT2D eigenvalue weighted by atomic mass is 16.5. The molecule has 0 saturated heterocycles. The van der Waals surface area contributed by atoms with E-state index in [1.807, 2.05) is 18.2 Å². The average molecular weight is 221 g/mol. The first-order valence-corrected chi connectivity index (χ1v) is 4.61. The van der Waals surface area contributed by atoms with Gasteiger partial charge in [-0.05, 0) is 12.1 Å². The second-order valence-corrected chi connectivity index (χ2v) is 3.09. The van der Waals surface area contributed by atoms with Gasteiger partial charge in [-0.3, -0.25) is 5.41 Å². The molecule has 0 aliphatic carbocycles. The molecule has 6 heteroatoms. The zero-order valence-corrected chi connectivity index (χ0v) is 9.27. The molecule has 0 atom stereocenters. The number of benzene rings is 1. The first-order valence-electron chi connectivity index (χ1n) is 4.61. The Morgan fingerprint density at radius 3 is 2.56 bits per heavy atom. The van der Waals surface area contributed by atoms with Crippen LogP contribution >= 0.6 is 0 Å². The van der Waals surface area contributed by atoms with Crippen molar-refractivity contribution in [2.75, 3.05) is 19.1 Å². The van der Waals surface area contributed by atoms with Crippen LogP contribution < -0.4 is 21.1 Å². The van der Waals surface area contributed by atoms with Crippen LogP contribution in [0.2, 0.25) is 0 Å². The summed E-state index contributed by atoms with van der Waals surface area (Å²) in [6.45, 7) is 0. The number of nitrogens with two attached hydrogens (primary N) is 2. The van der Waals surface area contributed by atoms with E-state index in [1.54, 1.807) is 20.2 Å². The summed E-state index contributed by atoms with van der Waals surface area (Å²) in [6, 6.07) is 7.31. The number of nitrogens with one attached hydrogen (secondary N) is 1. The number of anilines is 1. The molecule has 5 N–H and O–H groups in total. The summed E-state index contributed by atoms with van der Waals surface area (Å²) in [5, 5.41) is 7.66. The lowest BCUT2D eigenvalue weighted by molar-refractivity contribution is 0.416. The first-order chi connectivity index (χ1) is 7.56. The van der Waals surface area contributed by atoms with Crippen LogP contribution in [0, 0.1) is 5.41 Å². The van der Waals surface area contributed by atoms with E-state index in [4.69, 9.17) is 21.6 Å². The van der Waals surface area contributed by atoms with E-state index in [-0.39, 0.29) is 11.9 Å². The minimum absolute atomic E-state index is 0.0514. The monoisotopic (exact) mass is 221 g/mol. The molecule has 0 aromatic heterocycles. The lowest BCUT2D eigenvalue weighted by Crippen LogP contribution is -2.30. The van der Waals surface area contributed by atoms with E-state index < -0.39 is 0 Å². The van der Waals surface area contributed by atoms with Crippen molar-refractivity contribution in [1.29, 1.82) is 5.41 Å². The molecule has 0 radical (unpaired) electrons. The molecule has 0 heterocycles. The number of hydrogen-bond donors (Lipinski definition) is 3. The van der Waals surface area contributed by atoms with Crippen molar-refractivity contribution >= 4 is 17.6 Å². The quantitative estimate of drug-likeness (QED) is 0.495. The Kier molecular flexibility index (Phi) is 3.71. The van der Waals surface area contributed by atoms with E-state index in [0.717, 1.165) is 5.69 Å². The molecule has 0 amide bonds. The molecule has 1 aromatic carbocycles. The highest BCUT2D eigenvalue weighted by molar-refractivity contribution is 6.01. The van der Waals surface area contributed by atoms with Crippen molar-refractivity contribution in [1.82, 2.24) is 0 Å². The second kappa shape index (κ2) is 5.01. The van der Waals surface area contributed by atoms with Crippen LogP contribution in [0.3, 0.4) is 0 Å². The van der Waals surface area contributed by atoms with Crippen molar-refractivity contribution < 1.29 is 4.74 Å². The van der Waals surface area contributed by atoms with Gasteiger partial charge in [-0.25, -0.2) is 0 Å². The molecule has 16 heavy (non-hydrogen) atoms. The number of hydrogen-bond acceptors (Lipinski definition) is 2. The summed E-state index contributed by atoms with van der Waals surface area (Å²) >= 11 is 0. The second-order valence-electron chi connectivity index (χ2n) is 3.09. The lowest BCUT2D eigenvalue weighted by atomic mass is 10.3. The van der Waals surface area contributed by atoms with Crippen LogP contribution in [0.15, 0.2) is 29.3 Å². The van der Waals surface area contributed by atoms with Gasteiger partial charge in [0, 0.05) is 7.05 Å². The van der Waals surface area contributed by atoms with Gasteiger partial charge in [-0.2, -0.15) is 4.99 Å². The summed E-state index contributed by atoms with van der Waals surface area (Å²) in [5.41, 5.74) is 11.1. The molecule has 1 aromatic rings. The van der Waals surface area contributed by atoms with Crippen LogP contribution in [-0.4, -0.2) is 26.1 Å². The van der Waals surface area contributed by atoms with Crippen LogP contribution in [0.25, 0.3) is 0 Å². The van der Waals surface area contributed by atoms with Gasteiger partial charge in [0.05, 0.1) is 12.8 Å². The molecule has 1 rings (SSSR count). The largest absolute Gasteiger partial charge is 0.495 e. The minimum Gasteiger partial charge on any atom is -0.495 e. The smallest absolute Gasteiger partial charge is 0.225 e. The van der Waals surface area contributed by atoms with E-state index >= 15 is 0 Å². The highest BCUT2D eigenvalue weighted by Crippen LogP contribution is 2.26. The van der Waals surface area contributed by atoms with E-state index in [9.17, 15) is 0 Å². The zero-order valence-electron chi connectivity index (χ0n) is 9.27. The van der Waals surface area contributed by atoms with Gasteiger partial charge in [-0.1, -0.05) is 12.1 Å². The molecule has 0 saturated carbocycles. The van der Waals surface area contributed by atoms with Gasteiger partial charge >= 0.3 is 0 Å². The number of ether oxygens (including phenoxy) is 1. The topological polar surface area (TPSA) is 101 Å². The molecular weight excluding hydrogens is 206 g/mol. The summed E-state index contributed by atoms with van der Waals surface area (Å²) < 4.78 is 5.17. The van der Waals surface area contributed by atoms with Crippen LogP contribution in [0.5, 0.6) is 5.75 Å². The van der Waals surface area contributed by atoms with Gasteiger partial charge in [0.1, 0.15) is 5.75 Å². The SMILES string of the molecule is COc1ccccc1N(C)C(=N)N=C(N)N. The number of methoxy groups -OCH3 is 1. The fourth-order valence-corrected chi connectivity index (χ4v) is 1.22. The molecule has 0 unspecified atom stereocenters. The summed E-state index contributed by atoms with van der Waals surface area (Å²) in [4.78, 5) is 5.18. The van der Waals surface area contributed by atoms with E-state index in [1.165, 1.54) is 4.90 Å². The van der Waals surface area contributed by atoms with Crippen molar-refractivity contribution in [3.63, 3.8) is 0 Å². The van der Waals surface area contributed by atoms with Gasteiger partial charge in [0.15, 0.2) is 5.96 Å². The Labute approximate surface area is 94.0 Å². The number of rotatable bonds is 2. The van der Waals surface area contributed by atoms with Gasteiger partial charge in [0.25, 0.3) is 0 Å². The highest BCUT2D eigenvalue weighted by Gasteiger charge is 2.10. The zero-order chi connectivity index (χ0) is 12.1.